The molecule has 2 heterocycles. The Bertz CT molecular complexity index is 1180. The summed E-state index contributed by atoms with van der Waals surface area (Å²) in [6, 6.07) is 6.23. The number of carbonyl (C=O) groups is 4. The fraction of sp³-hybridized carbons (Fsp3) is 0.480. The van der Waals surface area contributed by atoms with Crippen LogP contribution in [0.3, 0.4) is 0 Å². The van der Waals surface area contributed by atoms with E-state index in [9.17, 15) is 32.3 Å². The van der Waals surface area contributed by atoms with Gasteiger partial charge in [0, 0.05) is 39.8 Å². The average Bonchev–Trinajstić information content (AvgIpc) is 3.38. The van der Waals surface area contributed by atoms with Gasteiger partial charge in [-0.3, -0.25) is 23.9 Å². The van der Waals surface area contributed by atoms with E-state index >= 15 is 0 Å². The van der Waals surface area contributed by atoms with Crippen LogP contribution >= 0.6 is 0 Å². The first kappa shape index (κ1) is 29.5. The highest BCUT2D eigenvalue weighted by molar-refractivity contribution is 5.99. The van der Waals surface area contributed by atoms with Crippen LogP contribution in [0.15, 0.2) is 36.5 Å². The number of aromatic nitrogens is 2. The molecule has 11 nitrogen and oxygen atoms in total. The summed E-state index contributed by atoms with van der Waals surface area (Å²) in [5.74, 6) is -1.54. The van der Waals surface area contributed by atoms with Crippen molar-refractivity contribution in [2.24, 2.45) is 0 Å². The molecule has 1 aromatic heterocycles. The molecule has 1 aliphatic rings. The molecule has 0 spiro atoms. The quantitative estimate of drug-likeness (QED) is 0.539. The van der Waals surface area contributed by atoms with Crippen LogP contribution in [0.2, 0.25) is 0 Å². The van der Waals surface area contributed by atoms with Gasteiger partial charge in [-0.25, -0.2) is 0 Å². The molecule has 0 bridgehead atoms. The number of aryl methyl sites for hydroxylation is 1. The van der Waals surface area contributed by atoms with Crippen LogP contribution in [0.4, 0.5) is 13.2 Å². The van der Waals surface area contributed by atoms with Crippen LogP contribution in [-0.2, 0) is 27.1 Å². The number of rotatable bonds is 5. The molecular weight excluding hydrogens is 521 g/mol. The smallest absolute Gasteiger partial charge is 0.435 e. The first-order chi connectivity index (χ1) is 18.5. The standard InChI is InChI=1S/C25H31F3N6O5/c1-32-14-15-39-19-7-4-3-6-17(19)23(37)30-18(8-9-21(35)33(2)16-22(32)36)24(38)29-11-5-12-34-13-10-20(31-34)25(26,27)28/h3-4,6-7,10,13,18H,5,8-9,11-12,14-16H2,1-2H3,(H,29,38)(H,30,37)/t18-/m0/s1. The van der Waals surface area contributed by atoms with Crippen LogP contribution in [-0.4, -0.2) is 89.6 Å². The third kappa shape index (κ3) is 8.45. The second-order valence-electron chi connectivity index (χ2n) is 9.08. The van der Waals surface area contributed by atoms with Crippen molar-refractivity contribution in [3.05, 3.63) is 47.8 Å². The summed E-state index contributed by atoms with van der Waals surface area (Å²) >= 11 is 0. The Balaban J connectivity index is 1.68. The van der Waals surface area contributed by atoms with E-state index in [1.54, 1.807) is 25.2 Å². The highest BCUT2D eigenvalue weighted by atomic mass is 19.4. The number of amides is 4. The van der Waals surface area contributed by atoms with Gasteiger partial charge in [-0.05, 0) is 31.0 Å². The minimum absolute atomic E-state index is 0.0398. The predicted octanol–water partition coefficient (Wildman–Crippen LogP) is 1.30. The molecule has 1 atom stereocenters. The number of fused-ring (bicyclic) bond motifs is 1. The second kappa shape index (κ2) is 13.1. The molecule has 2 N–H and O–H groups in total. The Labute approximate surface area is 223 Å². The van der Waals surface area contributed by atoms with E-state index in [0.29, 0.717) is 0 Å². The number of hydrogen-bond acceptors (Lipinski definition) is 6. The van der Waals surface area contributed by atoms with E-state index in [-0.39, 0.29) is 75.2 Å². The summed E-state index contributed by atoms with van der Waals surface area (Å²) in [4.78, 5) is 53.8. The Morgan fingerprint density at radius 2 is 1.87 bits per heavy atom. The number of ether oxygens (including phenoxy) is 1. The zero-order valence-electron chi connectivity index (χ0n) is 21.7. The van der Waals surface area contributed by atoms with E-state index in [2.05, 4.69) is 15.7 Å². The number of likely N-dealkylation sites (N-methyl/N-ethyl adjacent to an activating group) is 2. The van der Waals surface area contributed by atoms with Gasteiger partial charge in [0.2, 0.25) is 17.7 Å². The zero-order chi connectivity index (χ0) is 28.6. The average molecular weight is 553 g/mol. The molecular formula is C25H31F3N6O5. The lowest BCUT2D eigenvalue weighted by molar-refractivity contribution is -0.141. The summed E-state index contributed by atoms with van der Waals surface area (Å²) in [5, 5.41) is 8.77. The van der Waals surface area contributed by atoms with Crippen molar-refractivity contribution < 1.29 is 37.1 Å². The fourth-order valence-electron chi connectivity index (χ4n) is 3.79. The van der Waals surface area contributed by atoms with Crippen molar-refractivity contribution in [3.8, 4) is 5.75 Å². The number of nitrogens with one attached hydrogen (secondary N) is 2. The number of hydrogen-bond donors (Lipinski definition) is 2. The Hall–Kier alpha value is -4.10. The number of nitrogens with zero attached hydrogens (tertiary/aromatic N) is 4. The maximum absolute atomic E-state index is 13.1. The summed E-state index contributed by atoms with van der Waals surface area (Å²) < 4.78 is 45.0. The monoisotopic (exact) mass is 552 g/mol. The molecule has 2 aromatic rings. The van der Waals surface area contributed by atoms with Gasteiger partial charge in [0.05, 0.1) is 18.7 Å². The second-order valence-corrected chi connectivity index (χ2v) is 9.08. The molecule has 3 rings (SSSR count). The lowest BCUT2D eigenvalue weighted by atomic mass is 10.1. The molecule has 0 fully saturated rings. The summed E-state index contributed by atoms with van der Waals surface area (Å²) in [5.41, 5.74) is -0.821. The lowest BCUT2D eigenvalue weighted by Crippen LogP contribution is -2.47. The van der Waals surface area contributed by atoms with Crippen LogP contribution in [0, 0.1) is 0 Å². The van der Waals surface area contributed by atoms with E-state index in [0.717, 1.165) is 10.7 Å². The van der Waals surface area contributed by atoms with E-state index in [1.165, 1.54) is 29.1 Å². The van der Waals surface area contributed by atoms with Crippen molar-refractivity contribution in [1.82, 2.24) is 30.2 Å². The Morgan fingerprint density at radius 1 is 1.13 bits per heavy atom. The molecule has 1 aromatic carbocycles. The topological polar surface area (TPSA) is 126 Å². The summed E-state index contributed by atoms with van der Waals surface area (Å²) in [6.07, 6.45) is -3.21. The summed E-state index contributed by atoms with van der Waals surface area (Å²) in [7, 11) is 3.06. The first-order valence-corrected chi connectivity index (χ1v) is 12.3. The van der Waals surface area contributed by atoms with Crippen molar-refractivity contribution in [2.45, 2.75) is 38.0 Å². The van der Waals surface area contributed by atoms with Gasteiger partial charge >= 0.3 is 6.18 Å². The van der Waals surface area contributed by atoms with Crippen molar-refractivity contribution in [1.29, 1.82) is 0 Å². The van der Waals surface area contributed by atoms with Crippen molar-refractivity contribution in [3.63, 3.8) is 0 Å². The Morgan fingerprint density at radius 3 is 2.59 bits per heavy atom. The minimum atomic E-state index is -4.54. The van der Waals surface area contributed by atoms with E-state index in [4.69, 9.17) is 4.74 Å². The molecule has 0 unspecified atom stereocenters. The maximum Gasteiger partial charge on any atom is 0.435 e. The molecule has 0 aliphatic carbocycles. The normalized spacial score (nSPS) is 18.0. The lowest BCUT2D eigenvalue weighted by Gasteiger charge is -2.22. The first-order valence-electron chi connectivity index (χ1n) is 12.3. The SMILES string of the molecule is CN1CCOc2ccccc2C(=O)N[C@H](C(=O)NCCCn2ccc(C(F)(F)F)n2)CCC(=O)N(C)CC1=O. The Kier molecular flexibility index (Phi) is 9.90. The highest BCUT2D eigenvalue weighted by Gasteiger charge is 2.33. The molecule has 39 heavy (non-hydrogen) atoms. The molecule has 0 saturated heterocycles. The maximum atomic E-state index is 13.1. The van der Waals surface area contributed by atoms with Gasteiger partial charge < -0.3 is 25.2 Å². The molecule has 212 valence electrons. The minimum Gasteiger partial charge on any atom is -0.491 e. The number of benzene rings is 1. The van der Waals surface area contributed by atoms with E-state index in [1.807, 2.05) is 0 Å². The summed E-state index contributed by atoms with van der Waals surface area (Å²) in [6.45, 7) is 0.413. The van der Waals surface area contributed by atoms with Crippen LogP contribution in [0.25, 0.3) is 0 Å². The van der Waals surface area contributed by atoms with Crippen LogP contribution < -0.4 is 15.4 Å². The molecule has 0 saturated carbocycles. The number of carbonyl (C=O) groups excluding carboxylic acids is 4. The largest absolute Gasteiger partial charge is 0.491 e. The molecule has 1 aliphatic heterocycles. The molecule has 14 heteroatoms. The van der Waals surface area contributed by atoms with Gasteiger partial charge in [-0.1, -0.05) is 12.1 Å². The third-order valence-corrected chi connectivity index (χ3v) is 6.10. The van der Waals surface area contributed by atoms with Gasteiger partial charge in [0.25, 0.3) is 5.91 Å². The van der Waals surface area contributed by atoms with Crippen LogP contribution in [0.1, 0.15) is 35.3 Å². The number of halogens is 3. The van der Waals surface area contributed by atoms with Crippen LogP contribution in [0.5, 0.6) is 5.75 Å². The van der Waals surface area contributed by atoms with E-state index < -0.39 is 29.7 Å². The van der Waals surface area contributed by atoms with Crippen molar-refractivity contribution >= 4 is 23.6 Å². The number of para-hydroxylation sites is 1. The highest BCUT2D eigenvalue weighted by Crippen LogP contribution is 2.27. The van der Waals surface area contributed by atoms with Crippen molar-refractivity contribution in [2.75, 3.05) is 40.3 Å². The van der Waals surface area contributed by atoms with Gasteiger partial charge in [0.15, 0.2) is 5.69 Å². The predicted molar refractivity (Wildman–Crippen MR) is 133 cm³/mol. The molecule has 4 amide bonds. The molecule has 0 radical (unpaired) electrons. The number of alkyl halides is 3. The van der Waals surface area contributed by atoms with Gasteiger partial charge in [-0.2, -0.15) is 18.3 Å². The fourth-order valence-corrected chi connectivity index (χ4v) is 3.79. The zero-order valence-corrected chi connectivity index (χ0v) is 21.7. The van der Waals surface area contributed by atoms with Gasteiger partial charge in [0.1, 0.15) is 18.4 Å². The third-order valence-electron chi connectivity index (χ3n) is 6.10. The van der Waals surface area contributed by atoms with Gasteiger partial charge in [-0.15, -0.1) is 0 Å².